The van der Waals surface area contributed by atoms with E-state index in [0.29, 0.717) is 0 Å². The Hall–Kier alpha value is -1.95. The number of amides is 1. The lowest BCUT2D eigenvalue weighted by Gasteiger charge is -2.31. The Labute approximate surface area is 121 Å². The molecule has 1 heterocycles. The van der Waals surface area contributed by atoms with Gasteiger partial charge in [0.05, 0.1) is 5.69 Å². The van der Waals surface area contributed by atoms with E-state index in [1.807, 2.05) is 0 Å². The Morgan fingerprint density at radius 2 is 2.10 bits per heavy atom. The third-order valence-electron chi connectivity index (χ3n) is 2.93. The van der Waals surface area contributed by atoms with Crippen LogP contribution >= 0.6 is 12.2 Å². The van der Waals surface area contributed by atoms with Crippen LogP contribution in [0.15, 0.2) is 35.6 Å². The Morgan fingerprint density at radius 1 is 1.45 bits per heavy atom. The van der Waals surface area contributed by atoms with Crippen LogP contribution in [-0.4, -0.2) is 21.5 Å². The van der Waals surface area contributed by atoms with Crippen LogP contribution in [-0.2, 0) is 4.79 Å². The van der Waals surface area contributed by atoms with E-state index in [1.165, 1.54) is 12.1 Å². The van der Waals surface area contributed by atoms with E-state index in [-0.39, 0.29) is 28.4 Å². The maximum absolute atomic E-state index is 13.5. The number of rotatable bonds is 2. The highest BCUT2D eigenvalue weighted by molar-refractivity contribution is 7.81. The van der Waals surface area contributed by atoms with Crippen LogP contribution in [0.2, 0.25) is 0 Å². The number of nitrogens with one attached hydrogen (secondary N) is 2. The van der Waals surface area contributed by atoms with Gasteiger partial charge >= 0.3 is 0 Å². The highest BCUT2D eigenvalue weighted by Gasteiger charge is 2.34. The van der Waals surface area contributed by atoms with Gasteiger partial charge in [-0.25, -0.2) is 4.39 Å². The van der Waals surface area contributed by atoms with Crippen molar-refractivity contribution in [2.24, 2.45) is 0 Å². The van der Waals surface area contributed by atoms with E-state index in [1.54, 1.807) is 26.0 Å². The summed E-state index contributed by atoms with van der Waals surface area (Å²) in [4.78, 5) is 12.0. The third kappa shape index (κ3) is 2.96. The number of hydrogen-bond acceptors (Lipinski definition) is 3. The van der Waals surface area contributed by atoms with E-state index in [2.05, 4.69) is 10.6 Å². The minimum Gasteiger partial charge on any atom is -0.511 e. The quantitative estimate of drug-likeness (QED) is 0.734. The molecular weight excluding hydrogens is 279 g/mol. The molecule has 6 heteroatoms. The van der Waals surface area contributed by atoms with Crippen LogP contribution in [0.4, 0.5) is 10.1 Å². The first-order valence-electron chi connectivity index (χ1n) is 6.11. The number of anilines is 1. The predicted molar refractivity (Wildman–Crippen MR) is 79.1 cm³/mol. The van der Waals surface area contributed by atoms with E-state index in [4.69, 9.17) is 12.2 Å². The molecule has 0 spiro atoms. The van der Waals surface area contributed by atoms with Gasteiger partial charge in [-0.1, -0.05) is 24.4 Å². The second kappa shape index (κ2) is 5.20. The normalized spacial score (nSPS) is 17.6. The molecule has 1 aromatic rings. The topological polar surface area (TPSA) is 61.4 Å². The molecule has 0 atom stereocenters. The van der Waals surface area contributed by atoms with Crippen molar-refractivity contribution in [2.75, 3.05) is 5.32 Å². The van der Waals surface area contributed by atoms with Crippen LogP contribution in [0, 0.1) is 5.82 Å². The van der Waals surface area contributed by atoms with E-state index >= 15 is 0 Å². The number of carbonyl (C=O) groups excluding carboxylic acids is 1. The van der Waals surface area contributed by atoms with Gasteiger partial charge in [-0.15, -0.1) is 0 Å². The van der Waals surface area contributed by atoms with E-state index in [9.17, 15) is 14.3 Å². The van der Waals surface area contributed by atoms with E-state index < -0.39 is 17.3 Å². The van der Waals surface area contributed by atoms with Crippen molar-refractivity contribution in [1.29, 1.82) is 0 Å². The van der Waals surface area contributed by atoms with Gasteiger partial charge in [0, 0.05) is 12.0 Å². The predicted octanol–water partition coefficient (Wildman–Crippen LogP) is 2.68. The second-order valence-corrected chi connectivity index (χ2v) is 5.68. The molecule has 1 aliphatic heterocycles. The Balaban J connectivity index is 2.26. The molecule has 3 N–H and O–H groups in total. The molecule has 1 amide bonds. The van der Waals surface area contributed by atoms with Gasteiger partial charge in [0.25, 0.3) is 5.91 Å². The lowest BCUT2D eigenvalue weighted by Crippen LogP contribution is -2.49. The largest absolute Gasteiger partial charge is 0.511 e. The lowest BCUT2D eigenvalue weighted by atomic mass is 9.92. The van der Waals surface area contributed by atoms with Gasteiger partial charge in [0.2, 0.25) is 0 Å². The summed E-state index contributed by atoms with van der Waals surface area (Å²) in [5.74, 6) is -1.04. The summed E-state index contributed by atoms with van der Waals surface area (Å²) in [5, 5.41) is 15.4. The SMILES string of the molecule is CC1(C)CC(O)=C(C(=S)Nc2ccccc2F)C(=O)N1. The summed E-state index contributed by atoms with van der Waals surface area (Å²) >= 11 is 5.09. The molecule has 0 aromatic heterocycles. The fourth-order valence-corrected chi connectivity index (χ4v) is 2.35. The highest BCUT2D eigenvalue weighted by atomic mass is 32.1. The summed E-state index contributed by atoms with van der Waals surface area (Å²) in [5.41, 5.74) is -0.379. The van der Waals surface area contributed by atoms with Crippen molar-refractivity contribution in [3.8, 4) is 0 Å². The summed E-state index contributed by atoms with van der Waals surface area (Å²) in [6.45, 7) is 3.59. The van der Waals surface area contributed by atoms with Gasteiger partial charge in [0.15, 0.2) is 0 Å². The zero-order valence-electron chi connectivity index (χ0n) is 11.2. The number of carbonyl (C=O) groups is 1. The molecule has 0 aliphatic carbocycles. The summed E-state index contributed by atoms with van der Waals surface area (Å²) in [7, 11) is 0. The Morgan fingerprint density at radius 3 is 2.70 bits per heavy atom. The number of para-hydroxylation sites is 1. The number of aliphatic hydroxyl groups excluding tert-OH is 1. The average molecular weight is 294 g/mol. The van der Waals surface area contributed by atoms with Crippen molar-refractivity contribution in [2.45, 2.75) is 25.8 Å². The molecular formula is C14H15FN2O2S. The molecule has 1 aromatic carbocycles. The molecule has 2 rings (SSSR count). The minimum absolute atomic E-state index is 0.000556. The fourth-order valence-electron chi connectivity index (χ4n) is 2.03. The van der Waals surface area contributed by atoms with Crippen LogP contribution in [0.1, 0.15) is 20.3 Å². The summed E-state index contributed by atoms with van der Waals surface area (Å²) in [6, 6.07) is 5.98. The molecule has 106 valence electrons. The maximum atomic E-state index is 13.5. The number of halogens is 1. The molecule has 0 fully saturated rings. The number of benzene rings is 1. The molecule has 0 saturated heterocycles. The third-order valence-corrected chi connectivity index (χ3v) is 3.23. The molecule has 0 radical (unpaired) electrons. The van der Waals surface area contributed by atoms with Crippen molar-refractivity contribution in [3.05, 3.63) is 41.4 Å². The van der Waals surface area contributed by atoms with Gasteiger partial charge in [-0.2, -0.15) is 0 Å². The highest BCUT2D eigenvalue weighted by Crippen LogP contribution is 2.24. The summed E-state index contributed by atoms with van der Waals surface area (Å²) in [6.07, 6.45) is 0.271. The van der Waals surface area contributed by atoms with Crippen LogP contribution in [0.5, 0.6) is 0 Å². The van der Waals surface area contributed by atoms with Gasteiger partial charge in [0.1, 0.15) is 22.1 Å². The first-order valence-corrected chi connectivity index (χ1v) is 6.51. The number of thiocarbonyl (C=S) groups is 1. The maximum Gasteiger partial charge on any atom is 0.258 e. The van der Waals surface area contributed by atoms with Gasteiger partial charge < -0.3 is 15.7 Å². The van der Waals surface area contributed by atoms with Crippen molar-refractivity contribution in [3.63, 3.8) is 0 Å². The molecule has 4 nitrogen and oxygen atoms in total. The molecule has 0 bridgehead atoms. The first kappa shape index (κ1) is 14.5. The Bertz CT molecular complexity index is 611. The molecule has 0 saturated carbocycles. The van der Waals surface area contributed by atoms with E-state index in [0.717, 1.165) is 0 Å². The molecule has 0 unspecified atom stereocenters. The minimum atomic E-state index is -0.529. The first-order chi connectivity index (χ1) is 9.30. The molecule has 1 aliphatic rings. The second-order valence-electron chi connectivity index (χ2n) is 5.27. The lowest BCUT2D eigenvalue weighted by molar-refractivity contribution is -0.119. The average Bonchev–Trinajstić information content (AvgIpc) is 2.29. The monoisotopic (exact) mass is 294 g/mol. The summed E-state index contributed by atoms with van der Waals surface area (Å²) < 4.78 is 13.5. The number of aliphatic hydroxyl groups is 1. The van der Waals surface area contributed by atoms with Crippen LogP contribution in [0.25, 0.3) is 0 Å². The van der Waals surface area contributed by atoms with Crippen LogP contribution in [0.3, 0.4) is 0 Å². The van der Waals surface area contributed by atoms with Crippen molar-refractivity contribution >= 4 is 28.8 Å². The van der Waals surface area contributed by atoms with Crippen molar-refractivity contribution in [1.82, 2.24) is 5.32 Å². The zero-order valence-corrected chi connectivity index (χ0v) is 12.0. The fraction of sp³-hybridized carbons (Fsp3) is 0.286. The Kier molecular flexibility index (Phi) is 3.76. The van der Waals surface area contributed by atoms with Crippen LogP contribution < -0.4 is 10.6 Å². The standard InChI is InChI=1S/C14H15FN2O2S/c1-14(2)7-10(18)11(12(19)17-14)13(20)16-9-6-4-3-5-8(9)15/h3-6,18H,7H2,1-2H3,(H,16,20)(H,17,19). The number of hydrogen-bond donors (Lipinski definition) is 3. The van der Waals surface area contributed by atoms with Gasteiger partial charge in [-0.05, 0) is 26.0 Å². The van der Waals surface area contributed by atoms with Crippen molar-refractivity contribution < 1.29 is 14.3 Å². The molecule has 20 heavy (non-hydrogen) atoms. The smallest absolute Gasteiger partial charge is 0.258 e. The van der Waals surface area contributed by atoms with Gasteiger partial charge in [-0.3, -0.25) is 4.79 Å². The zero-order chi connectivity index (χ0) is 14.9.